The van der Waals surface area contributed by atoms with Gasteiger partial charge in [-0.3, -0.25) is 4.40 Å². The van der Waals surface area contributed by atoms with Crippen molar-refractivity contribution in [3.8, 4) is 11.4 Å². The van der Waals surface area contributed by atoms with Crippen molar-refractivity contribution in [1.29, 1.82) is 0 Å². The molecule has 0 atom stereocenters. The molecule has 3 rings (SSSR count). The second-order valence-corrected chi connectivity index (χ2v) is 3.98. The van der Waals surface area contributed by atoms with E-state index in [1.165, 1.54) is 24.3 Å². The highest BCUT2D eigenvalue weighted by Gasteiger charge is 2.10. The number of aromatic carboxylic acids is 1. The van der Waals surface area contributed by atoms with Crippen molar-refractivity contribution in [3.05, 3.63) is 54.0 Å². The fourth-order valence-electron chi connectivity index (χ4n) is 1.82. The number of carbonyl (C=O) groups is 1. The monoisotopic (exact) mass is 257 g/mol. The Morgan fingerprint density at radius 2 is 1.89 bits per heavy atom. The number of halogens is 1. The molecule has 94 valence electrons. The van der Waals surface area contributed by atoms with Crippen LogP contribution >= 0.6 is 0 Å². The number of nitrogens with zero attached hydrogens (tertiary/aromatic N) is 3. The van der Waals surface area contributed by atoms with Crippen molar-refractivity contribution in [3.63, 3.8) is 0 Å². The Balaban J connectivity index is 2.15. The van der Waals surface area contributed by atoms with Crippen molar-refractivity contribution in [2.45, 2.75) is 0 Å². The van der Waals surface area contributed by atoms with E-state index < -0.39 is 5.97 Å². The molecule has 0 saturated heterocycles. The minimum Gasteiger partial charge on any atom is -0.478 e. The van der Waals surface area contributed by atoms with Gasteiger partial charge < -0.3 is 5.11 Å². The summed E-state index contributed by atoms with van der Waals surface area (Å²) in [5, 5.41) is 16.8. The smallest absolute Gasteiger partial charge is 0.335 e. The molecule has 6 heteroatoms. The maximum Gasteiger partial charge on any atom is 0.335 e. The fourth-order valence-corrected chi connectivity index (χ4v) is 1.82. The number of pyridine rings is 1. The van der Waals surface area contributed by atoms with Crippen LogP contribution in [0.25, 0.3) is 17.0 Å². The van der Waals surface area contributed by atoms with Crippen LogP contribution in [0.15, 0.2) is 42.6 Å². The summed E-state index contributed by atoms with van der Waals surface area (Å²) in [6.45, 7) is 0. The van der Waals surface area contributed by atoms with Crippen molar-refractivity contribution in [2.24, 2.45) is 0 Å². The predicted octanol–water partition coefficient (Wildman–Crippen LogP) is 2.23. The van der Waals surface area contributed by atoms with Crippen molar-refractivity contribution in [1.82, 2.24) is 14.6 Å². The average molecular weight is 257 g/mol. The van der Waals surface area contributed by atoms with E-state index in [-0.39, 0.29) is 11.4 Å². The number of hydrogen-bond donors (Lipinski definition) is 1. The second kappa shape index (κ2) is 4.16. The quantitative estimate of drug-likeness (QED) is 0.764. The third-order valence-corrected chi connectivity index (χ3v) is 2.76. The molecule has 0 aliphatic carbocycles. The van der Waals surface area contributed by atoms with Gasteiger partial charge in [0.15, 0.2) is 11.5 Å². The number of hydrogen-bond acceptors (Lipinski definition) is 3. The molecule has 5 nitrogen and oxygen atoms in total. The van der Waals surface area contributed by atoms with E-state index >= 15 is 0 Å². The molecule has 1 aromatic carbocycles. The normalized spacial score (nSPS) is 10.8. The highest BCUT2D eigenvalue weighted by molar-refractivity contribution is 5.88. The molecule has 0 saturated carbocycles. The van der Waals surface area contributed by atoms with Gasteiger partial charge in [0.05, 0.1) is 5.56 Å². The van der Waals surface area contributed by atoms with Crippen LogP contribution in [0.4, 0.5) is 4.39 Å². The lowest BCUT2D eigenvalue weighted by Crippen LogP contribution is -1.98. The molecule has 0 amide bonds. The minimum absolute atomic E-state index is 0.144. The largest absolute Gasteiger partial charge is 0.478 e. The lowest BCUT2D eigenvalue weighted by molar-refractivity contribution is 0.0697. The molecule has 0 spiro atoms. The van der Waals surface area contributed by atoms with Gasteiger partial charge in [0.25, 0.3) is 0 Å². The van der Waals surface area contributed by atoms with Crippen molar-refractivity contribution >= 4 is 11.6 Å². The van der Waals surface area contributed by atoms with Crippen LogP contribution < -0.4 is 0 Å². The Morgan fingerprint density at radius 1 is 1.16 bits per heavy atom. The van der Waals surface area contributed by atoms with Crippen LogP contribution in [0.5, 0.6) is 0 Å². The average Bonchev–Trinajstić information content (AvgIpc) is 2.82. The standard InChI is InChI=1S/C13H8FN3O2/c14-10-3-1-8(2-4-10)12-16-15-11-7-9(13(18)19)5-6-17(11)12/h1-7H,(H,18,19). The summed E-state index contributed by atoms with van der Waals surface area (Å²) in [6.07, 6.45) is 1.58. The maximum atomic E-state index is 12.9. The molecule has 3 aromatic rings. The molecule has 0 unspecified atom stereocenters. The zero-order valence-electron chi connectivity index (χ0n) is 9.62. The summed E-state index contributed by atoms with van der Waals surface area (Å²) in [7, 11) is 0. The molecule has 0 radical (unpaired) electrons. The van der Waals surface area contributed by atoms with Gasteiger partial charge in [-0.2, -0.15) is 0 Å². The van der Waals surface area contributed by atoms with Crippen molar-refractivity contribution in [2.75, 3.05) is 0 Å². The third kappa shape index (κ3) is 1.93. The van der Waals surface area contributed by atoms with Gasteiger partial charge in [-0.1, -0.05) is 0 Å². The van der Waals surface area contributed by atoms with Gasteiger partial charge in [-0.05, 0) is 36.4 Å². The molecule has 2 heterocycles. The lowest BCUT2D eigenvalue weighted by Gasteiger charge is -2.00. The van der Waals surface area contributed by atoms with Crippen molar-refractivity contribution < 1.29 is 14.3 Å². The maximum absolute atomic E-state index is 12.9. The number of carboxylic acids is 1. The first-order chi connectivity index (χ1) is 9.15. The first-order valence-corrected chi connectivity index (χ1v) is 5.49. The Hall–Kier alpha value is -2.76. The molecule has 0 aliphatic heterocycles. The van der Waals surface area contributed by atoms with E-state index in [2.05, 4.69) is 10.2 Å². The lowest BCUT2D eigenvalue weighted by atomic mass is 10.2. The molecule has 1 N–H and O–H groups in total. The van der Waals surface area contributed by atoms with E-state index in [0.29, 0.717) is 17.0 Å². The van der Waals surface area contributed by atoms with E-state index in [0.717, 1.165) is 0 Å². The minimum atomic E-state index is -1.02. The predicted molar refractivity (Wildman–Crippen MR) is 65.3 cm³/mol. The topological polar surface area (TPSA) is 67.5 Å². The summed E-state index contributed by atoms with van der Waals surface area (Å²) in [5.41, 5.74) is 1.28. The number of benzene rings is 1. The van der Waals surface area contributed by atoms with Crippen LogP contribution in [0, 0.1) is 5.82 Å². The van der Waals surface area contributed by atoms with Gasteiger partial charge in [-0.15, -0.1) is 10.2 Å². The Kier molecular flexibility index (Phi) is 2.49. The van der Waals surface area contributed by atoms with E-state index in [1.807, 2.05) is 0 Å². The number of rotatable bonds is 2. The van der Waals surface area contributed by atoms with Gasteiger partial charge in [0.1, 0.15) is 5.82 Å². The Bertz CT molecular complexity index is 765. The van der Waals surface area contributed by atoms with Gasteiger partial charge >= 0.3 is 5.97 Å². The molecule has 0 aliphatic rings. The molecule has 0 fully saturated rings. The second-order valence-electron chi connectivity index (χ2n) is 3.98. The van der Waals surface area contributed by atoms with E-state index in [9.17, 15) is 9.18 Å². The first kappa shape index (κ1) is 11.3. The molecule has 19 heavy (non-hydrogen) atoms. The molecule has 0 bridgehead atoms. The summed E-state index contributed by atoms with van der Waals surface area (Å²) in [5.74, 6) is -0.813. The molecule has 2 aromatic heterocycles. The highest BCUT2D eigenvalue weighted by Crippen LogP contribution is 2.19. The van der Waals surface area contributed by atoms with Gasteiger partial charge in [-0.25, -0.2) is 9.18 Å². The molecular formula is C13H8FN3O2. The van der Waals surface area contributed by atoms with Crippen LogP contribution in [-0.4, -0.2) is 25.7 Å². The van der Waals surface area contributed by atoms with Crippen LogP contribution in [0.1, 0.15) is 10.4 Å². The Morgan fingerprint density at radius 3 is 2.58 bits per heavy atom. The fraction of sp³-hybridized carbons (Fsp3) is 0. The summed E-state index contributed by atoms with van der Waals surface area (Å²) < 4.78 is 14.5. The van der Waals surface area contributed by atoms with Crippen LogP contribution in [0.3, 0.4) is 0 Å². The zero-order chi connectivity index (χ0) is 13.4. The summed E-state index contributed by atoms with van der Waals surface area (Å²) in [6, 6.07) is 8.76. The SMILES string of the molecule is O=C(O)c1ccn2c(-c3ccc(F)cc3)nnc2c1. The van der Waals surface area contributed by atoms with Crippen LogP contribution in [-0.2, 0) is 0 Å². The van der Waals surface area contributed by atoms with Crippen LogP contribution in [0.2, 0.25) is 0 Å². The van der Waals surface area contributed by atoms with E-state index in [1.54, 1.807) is 22.7 Å². The van der Waals surface area contributed by atoms with E-state index in [4.69, 9.17) is 5.11 Å². The summed E-state index contributed by atoms with van der Waals surface area (Å²) in [4.78, 5) is 10.9. The number of carboxylic acid groups (broad SMARTS) is 1. The highest BCUT2D eigenvalue weighted by atomic mass is 19.1. The van der Waals surface area contributed by atoms with Gasteiger partial charge in [0.2, 0.25) is 0 Å². The third-order valence-electron chi connectivity index (χ3n) is 2.76. The first-order valence-electron chi connectivity index (χ1n) is 5.49. The Labute approximate surface area is 107 Å². The number of fused-ring (bicyclic) bond motifs is 1. The number of aromatic nitrogens is 3. The van der Waals surface area contributed by atoms with Gasteiger partial charge in [0, 0.05) is 11.8 Å². The molecular weight excluding hydrogens is 249 g/mol. The zero-order valence-corrected chi connectivity index (χ0v) is 9.62. The summed E-state index contributed by atoms with van der Waals surface area (Å²) >= 11 is 0.